The molecule has 0 aliphatic heterocycles. The van der Waals surface area contributed by atoms with Crippen LogP contribution in [0.4, 0.5) is 5.69 Å². The summed E-state index contributed by atoms with van der Waals surface area (Å²) in [6.45, 7) is 1.88. The number of nitrogen functional groups attached to an aromatic ring is 1. The fourth-order valence-corrected chi connectivity index (χ4v) is 1.39. The summed E-state index contributed by atoms with van der Waals surface area (Å²) in [5.41, 5.74) is 9.05. The molecule has 0 amide bonds. The lowest BCUT2D eigenvalue weighted by Gasteiger charge is -2.04. The molecule has 0 aliphatic carbocycles. The van der Waals surface area contributed by atoms with Crippen LogP contribution in [0, 0.1) is 6.92 Å². The van der Waals surface area contributed by atoms with E-state index in [0.29, 0.717) is 11.6 Å². The molecule has 2 heterocycles. The Morgan fingerprint density at radius 3 is 2.56 bits per heavy atom. The number of nitrogens with two attached hydrogens (primary N) is 1. The summed E-state index contributed by atoms with van der Waals surface area (Å²) < 4.78 is 5.00. The Morgan fingerprint density at radius 1 is 1.19 bits per heavy atom. The molecule has 82 valence electrons. The molecular formula is C12H13N3O. The van der Waals surface area contributed by atoms with Crippen LogP contribution in [0.1, 0.15) is 5.69 Å². The molecule has 0 fully saturated rings. The zero-order valence-electron chi connectivity index (χ0n) is 9.27. The van der Waals surface area contributed by atoms with E-state index in [1.54, 1.807) is 13.3 Å². The van der Waals surface area contributed by atoms with Crippen molar-refractivity contribution in [2.75, 3.05) is 12.8 Å². The fourth-order valence-electron chi connectivity index (χ4n) is 1.39. The van der Waals surface area contributed by atoms with Crippen molar-refractivity contribution in [2.24, 2.45) is 0 Å². The lowest BCUT2D eigenvalue weighted by Crippen LogP contribution is -1.94. The van der Waals surface area contributed by atoms with Crippen LogP contribution in [0.15, 0.2) is 30.5 Å². The zero-order valence-corrected chi connectivity index (χ0v) is 9.27. The summed E-state index contributed by atoms with van der Waals surface area (Å²) in [7, 11) is 1.59. The first-order valence-corrected chi connectivity index (χ1v) is 4.94. The maximum atomic E-state index is 5.71. The average Bonchev–Trinajstić information content (AvgIpc) is 2.33. The molecule has 0 unspecified atom stereocenters. The lowest BCUT2D eigenvalue weighted by molar-refractivity contribution is 0.398. The van der Waals surface area contributed by atoms with Gasteiger partial charge in [-0.25, -0.2) is 4.98 Å². The minimum Gasteiger partial charge on any atom is -0.481 e. The number of hydrogen-bond acceptors (Lipinski definition) is 4. The van der Waals surface area contributed by atoms with E-state index >= 15 is 0 Å². The van der Waals surface area contributed by atoms with Crippen LogP contribution in [0.5, 0.6) is 5.88 Å². The Kier molecular flexibility index (Phi) is 2.72. The van der Waals surface area contributed by atoms with Gasteiger partial charge in [0.1, 0.15) is 0 Å². The first kappa shape index (κ1) is 10.4. The van der Waals surface area contributed by atoms with Crippen molar-refractivity contribution in [2.45, 2.75) is 6.92 Å². The molecule has 0 bridgehead atoms. The molecule has 0 saturated heterocycles. The van der Waals surface area contributed by atoms with Crippen LogP contribution in [-0.4, -0.2) is 17.1 Å². The number of nitrogens with zero attached hydrogens (tertiary/aromatic N) is 2. The Hall–Kier alpha value is -2.10. The van der Waals surface area contributed by atoms with Crippen molar-refractivity contribution in [3.8, 4) is 17.1 Å². The average molecular weight is 215 g/mol. The molecule has 2 aromatic rings. The summed E-state index contributed by atoms with van der Waals surface area (Å²) in [4.78, 5) is 8.52. The van der Waals surface area contributed by atoms with Gasteiger partial charge in [-0.15, -0.1) is 0 Å². The van der Waals surface area contributed by atoms with Crippen molar-refractivity contribution < 1.29 is 4.74 Å². The predicted octanol–water partition coefficient (Wildman–Crippen LogP) is 2.04. The minimum atomic E-state index is 0.593. The van der Waals surface area contributed by atoms with E-state index in [0.717, 1.165) is 17.0 Å². The number of methoxy groups -OCH3 is 1. The molecule has 2 aromatic heterocycles. The van der Waals surface area contributed by atoms with E-state index in [9.17, 15) is 0 Å². The van der Waals surface area contributed by atoms with Gasteiger partial charge in [-0.2, -0.15) is 0 Å². The Morgan fingerprint density at radius 2 is 2.00 bits per heavy atom. The largest absolute Gasteiger partial charge is 0.481 e. The second-order valence-corrected chi connectivity index (χ2v) is 3.46. The second kappa shape index (κ2) is 4.18. The highest BCUT2D eigenvalue weighted by molar-refractivity contribution is 5.61. The van der Waals surface area contributed by atoms with Gasteiger partial charge in [0, 0.05) is 17.8 Å². The standard InChI is InChI=1S/C12H13N3O/c1-8-10(13)4-5-11(15-8)9-3-6-12(16-2)14-7-9/h3-7H,13H2,1-2H3. The van der Waals surface area contributed by atoms with Crippen molar-refractivity contribution in [1.82, 2.24) is 9.97 Å². The number of hydrogen-bond donors (Lipinski definition) is 1. The number of pyridine rings is 2. The van der Waals surface area contributed by atoms with Crippen LogP contribution >= 0.6 is 0 Å². The second-order valence-electron chi connectivity index (χ2n) is 3.46. The first-order chi connectivity index (χ1) is 7.70. The molecule has 2 rings (SSSR count). The van der Waals surface area contributed by atoms with Crippen LogP contribution < -0.4 is 10.5 Å². The van der Waals surface area contributed by atoms with Gasteiger partial charge in [0.25, 0.3) is 0 Å². The van der Waals surface area contributed by atoms with Gasteiger partial charge in [-0.1, -0.05) is 0 Å². The van der Waals surface area contributed by atoms with Gasteiger partial charge in [-0.3, -0.25) is 4.98 Å². The highest BCUT2D eigenvalue weighted by atomic mass is 16.5. The number of rotatable bonds is 2. The van der Waals surface area contributed by atoms with E-state index < -0.39 is 0 Å². The molecule has 0 aromatic carbocycles. The van der Waals surface area contributed by atoms with Gasteiger partial charge in [0.15, 0.2) is 0 Å². The summed E-state index contributed by atoms with van der Waals surface area (Å²) in [5.74, 6) is 0.593. The quantitative estimate of drug-likeness (QED) is 0.832. The SMILES string of the molecule is COc1ccc(-c2ccc(N)c(C)n2)cn1. The molecule has 4 nitrogen and oxygen atoms in total. The molecule has 4 heteroatoms. The summed E-state index contributed by atoms with van der Waals surface area (Å²) >= 11 is 0. The van der Waals surface area contributed by atoms with Gasteiger partial charge in [0.05, 0.1) is 24.2 Å². The third-order valence-corrected chi connectivity index (χ3v) is 2.37. The molecule has 16 heavy (non-hydrogen) atoms. The van der Waals surface area contributed by atoms with E-state index in [2.05, 4.69) is 9.97 Å². The molecular weight excluding hydrogens is 202 g/mol. The molecule has 0 saturated carbocycles. The number of aryl methyl sites for hydroxylation is 1. The first-order valence-electron chi connectivity index (χ1n) is 4.94. The topological polar surface area (TPSA) is 61.0 Å². The number of aromatic nitrogens is 2. The zero-order chi connectivity index (χ0) is 11.5. The van der Waals surface area contributed by atoms with E-state index in [1.165, 1.54) is 0 Å². The molecule has 0 aliphatic rings. The van der Waals surface area contributed by atoms with Crippen LogP contribution in [0.3, 0.4) is 0 Å². The maximum absolute atomic E-state index is 5.71. The van der Waals surface area contributed by atoms with Gasteiger partial charge in [0.2, 0.25) is 5.88 Å². The summed E-state index contributed by atoms with van der Waals surface area (Å²) in [6, 6.07) is 7.46. The third-order valence-electron chi connectivity index (χ3n) is 2.37. The Labute approximate surface area is 94.1 Å². The van der Waals surface area contributed by atoms with Crippen LogP contribution in [0.25, 0.3) is 11.3 Å². The maximum Gasteiger partial charge on any atom is 0.212 e. The number of anilines is 1. The van der Waals surface area contributed by atoms with E-state index in [4.69, 9.17) is 10.5 Å². The van der Waals surface area contributed by atoms with Crippen LogP contribution in [0.2, 0.25) is 0 Å². The highest BCUT2D eigenvalue weighted by Gasteiger charge is 2.02. The van der Waals surface area contributed by atoms with Gasteiger partial charge >= 0.3 is 0 Å². The molecule has 0 atom stereocenters. The van der Waals surface area contributed by atoms with E-state index in [-0.39, 0.29) is 0 Å². The summed E-state index contributed by atoms with van der Waals surface area (Å²) in [5, 5.41) is 0. The lowest BCUT2D eigenvalue weighted by atomic mass is 10.1. The minimum absolute atomic E-state index is 0.593. The van der Waals surface area contributed by atoms with Crippen LogP contribution in [-0.2, 0) is 0 Å². The summed E-state index contributed by atoms with van der Waals surface area (Å²) in [6.07, 6.45) is 1.73. The van der Waals surface area contributed by atoms with Gasteiger partial charge in [-0.05, 0) is 25.1 Å². The fraction of sp³-hybridized carbons (Fsp3) is 0.167. The molecule has 0 spiro atoms. The normalized spacial score (nSPS) is 10.1. The van der Waals surface area contributed by atoms with Gasteiger partial charge < -0.3 is 10.5 Å². The van der Waals surface area contributed by atoms with Crippen molar-refractivity contribution in [1.29, 1.82) is 0 Å². The smallest absolute Gasteiger partial charge is 0.212 e. The predicted molar refractivity (Wildman–Crippen MR) is 63.2 cm³/mol. The van der Waals surface area contributed by atoms with Crippen molar-refractivity contribution in [3.63, 3.8) is 0 Å². The number of ether oxygens (including phenoxy) is 1. The van der Waals surface area contributed by atoms with Crippen molar-refractivity contribution in [3.05, 3.63) is 36.2 Å². The molecule has 0 radical (unpaired) electrons. The van der Waals surface area contributed by atoms with E-state index in [1.807, 2.05) is 31.2 Å². The third kappa shape index (κ3) is 1.95. The molecule has 2 N–H and O–H groups in total. The highest BCUT2D eigenvalue weighted by Crippen LogP contribution is 2.20. The Balaban J connectivity index is 2.38. The van der Waals surface area contributed by atoms with Crippen molar-refractivity contribution >= 4 is 5.69 Å². The monoisotopic (exact) mass is 215 g/mol. The Bertz CT molecular complexity index is 494.